The first-order valence-corrected chi connectivity index (χ1v) is 9.68. The van der Waals surface area contributed by atoms with Crippen LogP contribution in [0.1, 0.15) is 5.56 Å². The first-order chi connectivity index (χ1) is 9.37. The van der Waals surface area contributed by atoms with Gasteiger partial charge < -0.3 is 0 Å². The van der Waals surface area contributed by atoms with E-state index in [0.717, 1.165) is 16.8 Å². The predicted molar refractivity (Wildman–Crippen MR) is 80.9 cm³/mol. The van der Waals surface area contributed by atoms with E-state index in [4.69, 9.17) is 0 Å². The lowest BCUT2D eigenvalue weighted by molar-refractivity contribution is -0.384. The normalized spacial score (nSPS) is 10.8. The number of nitro groups is 1. The first-order valence-electron chi connectivity index (χ1n) is 6.18. The molecule has 0 aliphatic carbocycles. The van der Waals surface area contributed by atoms with Crippen molar-refractivity contribution in [2.45, 2.75) is 19.6 Å². The van der Waals surface area contributed by atoms with Gasteiger partial charge in [0.15, 0.2) is 0 Å². The topological polar surface area (TPSA) is 71.8 Å². The van der Waals surface area contributed by atoms with E-state index < -0.39 is 13.0 Å². The number of benzene rings is 1. The Bertz CT molecular complexity index is 705. The summed E-state index contributed by atoms with van der Waals surface area (Å²) in [5.41, 5.74) is 5.54. The van der Waals surface area contributed by atoms with Gasteiger partial charge in [0.2, 0.25) is 0 Å². The zero-order valence-corrected chi connectivity index (χ0v) is 12.6. The average molecular weight is 285 g/mol. The van der Waals surface area contributed by atoms with Gasteiger partial charge in [-0.25, -0.2) is 0 Å². The van der Waals surface area contributed by atoms with Crippen molar-refractivity contribution in [2.75, 3.05) is 0 Å². The number of non-ortho nitro benzene ring substituents is 1. The van der Waals surface area contributed by atoms with Gasteiger partial charge in [0.05, 0.1) is 22.4 Å². The van der Waals surface area contributed by atoms with Crippen molar-refractivity contribution in [3.05, 3.63) is 46.1 Å². The molecule has 1 heterocycles. The second-order valence-electron chi connectivity index (χ2n) is 5.47. The van der Waals surface area contributed by atoms with E-state index in [1.165, 1.54) is 12.1 Å². The summed E-state index contributed by atoms with van der Waals surface area (Å²) in [7, 11) is -1.48. The summed E-state index contributed by atoms with van der Waals surface area (Å²) in [6.45, 7) is 6.48. The Kier molecular flexibility index (Phi) is 3.72. The maximum Gasteiger partial charge on any atom is 0.270 e. The zero-order chi connectivity index (χ0) is 14.8. The number of hydrogen-bond donors (Lipinski definition) is 1. The van der Waals surface area contributed by atoms with Crippen LogP contribution in [0.3, 0.4) is 0 Å². The summed E-state index contributed by atoms with van der Waals surface area (Å²) in [5, 5.41) is 17.7. The molecule has 0 atom stereocenters. The van der Waals surface area contributed by atoms with Crippen LogP contribution in [-0.2, 0) is 0 Å². The Labute approximate surface area is 118 Å². The Morgan fingerprint density at radius 3 is 2.75 bits per heavy atom. The molecule has 0 fully saturated rings. The van der Waals surface area contributed by atoms with E-state index >= 15 is 0 Å². The quantitative estimate of drug-likeness (QED) is 0.398. The molecule has 102 valence electrons. The third-order valence-corrected chi connectivity index (χ3v) is 3.43. The Morgan fingerprint density at radius 2 is 2.10 bits per heavy atom. The van der Waals surface area contributed by atoms with Gasteiger partial charge in [0.25, 0.3) is 5.69 Å². The highest BCUT2D eigenvalue weighted by atomic mass is 28.3. The number of aromatic nitrogens is 2. The van der Waals surface area contributed by atoms with E-state index in [2.05, 4.69) is 41.3 Å². The fourth-order valence-electron chi connectivity index (χ4n) is 1.63. The highest BCUT2D eigenvalue weighted by Crippen LogP contribution is 2.24. The molecule has 2 aromatic rings. The molecular weight excluding hydrogens is 270 g/mol. The molecule has 20 heavy (non-hydrogen) atoms. The first kappa shape index (κ1) is 14.0. The molecule has 2 rings (SSSR count). The molecule has 1 aromatic heterocycles. The average Bonchev–Trinajstić information content (AvgIpc) is 2.84. The summed E-state index contributed by atoms with van der Waals surface area (Å²) in [5.74, 6) is 3.13. The molecule has 0 radical (unpaired) electrons. The smallest absolute Gasteiger partial charge is 0.270 e. The van der Waals surface area contributed by atoms with Crippen molar-refractivity contribution in [3.8, 4) is 22.7 Å². The number of rotatable bonds is 2. The molecule has 5 nitrogen and oxygen atoms in total. The molecule has 0 spiro atoms. The fourth-order valence-corrected chi connectivity index (χ4v) is 2.14. The molecule has 0 bridgehead atoms. The minimum atomic E-state index is -1.48. The van der Waals surface area contributed by atoms with Gasteiger partial charge in [-0.1, -0.05) is 37.7 Å². The van der Waals surface area contributed by atoms with Crippen molar-refractivity contribution in [1.82, 2.24) is 10.2 Å². The van der Waals surface area contributed by atoms with Gasteiger partial charge in [0.1, 0.15) is 8.07 Å². The lowest BCUT2D eigenvalue weighted by Gasteiger charge is -2.03. The Morgan fingerprint density at radius 1 is 1.35 bits per heavy atom. The van der Waals surface area contributed by atoms with Crippen LogP contribution in [0.15, 0.2) is 30.5 Å². The molecule has 0 aliphatic rings. The number of nitrogens with zero attached hydrogens (tertiary/aromatic N) is 2. The molecule has 0 unspecified atom stereocenters. The summed E-state index contributed by atoms with van der Waals surface area (Å²) < 4.78 is 0. The van der Waals surface area contributed by atoms with E-state index in [9.17, 15) is 10.1 Å². The van der Waals surface area contributed by atoms with Gasteiger partial charge in [-0.3, -0.25) is 15.2 Å². The van der Waals surface area contributed by atoms with E-state index in [-0.39, 0.29) is 5.69 Å². The summed E-state index contributed by atoms with van der Waals surface area (Å²) in [6.07, 6.45) is 1.65. The minimum Gasteiger partial charge on any atom is -0.277 e. The fraction of sp³-hybridized carbons (Fsp3) is 0.214. The lowest BCUT2D eigenvalue weighted by Crippen LogP contribution is -2.16. The van der Waals surface area contributed by atoms with E-state index in [0.29, 0.717) is 0 Å². The van der Waals surface area contributed by atoms with Gasteiger partial charge >= 0.3 is 0 Å². The Balaban J connectivity index is 2.44. The van der Waals surface area contributed by atoms with Crippen molar-refractivity contribution in [2.24, 2.45) is 0 Å². The SMILES string of the molecule is C[Si](C)(C)C#Cc1cn[nH]c1-c1cccc([N+](=O)[O-])c1. The number of nitro benzene ring substituents is 1. The van der Waals surface area contributed by atoms with Crippen LogP contribution in [0.2, 0.25) is 19.6 Å². The summed E-state index contributed by atoms with van der Waals surface area (Å²) >= 11 is 0. The third-order valence-electron chi connectivity index (χ3n) is 2.56. The maximum absolute atomic E-state index is 10.8. The highest BCUT2D eigenvalue weighted by molar-refractivity contribution is 6.83. The maximum atomic E-state index is 10.8. The number of aromatic amines is 1. The van der Waals surface area contributed by atoms with Crippen LogP contribution < -0.4 is 0 Å². The van der Waals surface area contributed by atoms with Crippen LogP contribution in [0.4, 0.5) is 5.69 Å². The second-order valence-corrected chi connectivity index (χ2v) is 10.2. The lowest BCUT2D eigenvalue weighted by atomic mass is 10.1. The molecule has 1 N–H and O–H groups in total. The minimum absolute atomic E-state index is 0.0567. The van der Waals surface area contributed by atoms with Crippen LogP contribution in [0.25, 0.3) is 11.3 Å². The van der Waals surface area contributed by atoms with Crippen LogP contribution in [0.5, 0.6) is 0 Å². The van der Waals surface area contributed by atoms with Crippen molar-refractivity contribution in [1.29, 1.82) is 0 Å². The van der Waals surface area contributed by atoms with Crippen molar-refractivity contribution >= 4 is 13.8 Å². The summed E-state index contributed by atoms with van der Waals surface area (Å²) in [4.78, 5) is 10.4. The third kappa shape index (κ3) is 3.33. The van der Waals surface area contributed by atoms with Crippen LogP contribution in [0, 0.1) is 21.6 Å². The van der Waals surface area contributed by atoms with E-state index in [1.54, 1.807) is 18.3 Å². The molecule has 0 amide bonds. The second kappa shape index (κ2) is 5.31. The van der Waals surface area contributed by atoms with Gasteiger partial charge in [-0.15, -0.1) is 5.54 Å². The predicted octanol–water partition coefficient (Wildman–Crippen LogP) is 3.21. The van der Waals surface area contributed by atoms with Crippen molar-refractivity contribution in [3.63, 3.8) is 0 Å². The van der Waals surface area contributed by atoms with Crippen molar-refractivity contribution < 1.29 is 4.92 Å². The molecule has 6 heteroatoms. The Hall–Kier alpha value is -2.39. The number of H-pyrrole nitrogens is 1. The van der Waals surface area contributed by atoms with Gasteiger partial charge in [0, 0.05) is 17.7 Å². The largest absolute Gasteiger partial charge is 0.277 e. The van der Waals surface area contributed by atoms with Gasteiger partial charge in [-0.05, 0) is 0 Å². The molecule has 0 aliphatic heterocycles. The number of hydrogen-bond acceptors (Lipinski definition) is 3. The molecule has 0 saturated heterocycles. The van der Waals surface area contributed by atoms with Crippen LogP contribution in [-0.4, -0.2) is 23.2 Å². The standard InChI is InChI=1S/C14H15N3O2Si/c1-20(2,3)8-7-12-10-15-16-14(12)11-5-4-6-13(9-11)17(18)19/h4-6,9-10H,1-3H3,(H,15,16). The highest BCUT2D eigenvalue weighted by Gasteiger charge is 2.12. The monoisotopic (exact) mass is 285 g/mol. The van der Waals surface area contributed by atoms with Crippen LogP contribution >= 0.6 is 0 Å². The molecular formula is C14H15N3O2Si. The summed E-state index contributed by atoms with van der Waals surface area (Å²) in [6, 6.07) is 6.45. The van der Waals surface area contributed by atoms with E-state index in [1.807, 2.05) is 0 Å². The zero-order valence-electron chi connectivity index (χ0n) is 11.6. The number of nitrogens with one attached hydrogen (secondary N) is 1. The van der Waals surface area contributed by atoms with Gasteiger partial charge in [-0.2, -0.15) is 5.10 Å². The molecule has 1 aromatic carbocycles. The molecule has 0 saturated carbocycles.